The molecule has 1 saturated heterocycles. The van der Waals surface area contributed by atoms with Gasteiger partial charge in [0.2, 0.25) is 0 Å². The molecule has 1 aliphatic heterocycles. The molecule has 2 rings (SSSR count). The Bertz CT molecular complexity index is 477. The van der Waals surface area contributed by atoms with Crippen LogP contribution in [0.25, 0.3) is 0 Å². The topological polar surface area (TPSA) is 68.9 Å². The number of hydrogen-bond donors (Lipinski definition) is 0. The maximum atomic E-state index is 12.2. The number of rotatable bonds is 2. The fourth-order valence-electron chi connectivity index (χ4n) is 2.87. The average molecular weight is 269 g/mol. The molecule has 4 nitrogen and oxygen atoms in total. The summed E-state index contributed by atoms with van der Waals surface area (Å²) >= 11 is 1.36. The SMILES string of the molecule is O.[Li][C](=O)C(=O)N1C(c2ccccc2)CCC(C)C1C. The molecule has 1 amide bonds. The van der Waals surface area contributed by atoms with Gasteiger partial charge in [0.05, 0.1) is 0 Å². The van der Waals surface area contributed by atoms with Gasteiger partial charge in [-0.1, -0.05) is 0 Å². The van der Waals surface area contributed by atoms with E-state index in [0.717, 1.165) is 18.4 Å². The average Bonchev–Trinajstić information content (AvgIpc) is 2.41. The monoisotopic (exact) mass is 269 g/mol. The number of likely N-dealkylation sites (tertiary alicyclic amines) is 1. The van der Waals surface area contributed by atoms with Crippen LogP contribution in [-0.2, 0) is 9.59 Å². The van der Waals surface area contributed by atoms with E-state index in [9.17, 15) is 9.59 Å². The Kier molecular flexibility index (Phi) is 6.01. The molecule has 0 bridgehead atoms. The Hall–Kier alpha value is -1.08. The van der Waals surface area contributed by atoms with Crippen LogP contribution in [0.15, 0.2) is 30.3 Å². The van der Waals surface area contributed by atoms with E-state index < -0.39 is 0 Å². The number of nitrogens with zero attached hydrogens (tertiary/aromatic N) is 1. The number of piperidine rings is 1. The fourth-order valence-corrected chi connectivity index (χ4v) is 2.87. The Morgan fingerprint density at radius 1 is 1.15 bits per heavy atom. The first-order valence-corrected chi connectivity index (χ1v) is 6.90. The first-order valence-electron chi connectivity index (χ1n) is 6.90. The molecule has 1 aliphatic rings. The van der Waals surface area contributed by atoms with E-state index in [1.165, 1.54) is 17.7 Å². The van der Waals surface area contributed by atoms with Gasteiger partial charge in [-0.2, -0.15) is 0 Å². The summed E-state index contributed by atoms with van der Waals surface area (Å²) in [6.45, 7) is 4.19. The Morgan fingerprint density at radius 2 is 1.75 bits per heavy atom. The second-order valence-corrected chi connectivity index (χ2v) is 5.49. The van der Waals surface area contributed by atoms with Gasteiger partial charge in [0.15, 0.2) is 0 Å². The van der Waals surface area contributed by atoms with Gasteiger partial charge in [0.25, 0.3) is 0 Å². The minimum atomic E-state index is -0.373. The third-order valence-electron chi connectivity index (χ3n) is 4.21. The molecule has 5 heteroatoms. The van der Waals surface area contributed by atoms with E-state index >= 15 is 0 Å². The van der Waals surface area contributed by atoms with Gasteiger partial charge in [-0.15, -0.1) is 0 Å². The van der Waals surface area contributed by atoms with Crippen molar-refractivity contribution in [3.63, 3.8) is 0 Å². The molecule has 3 atom stereocenters. The molecular formula is C15H20LiNO3. The van der Waals surface area contributed by atoms with Crippen LogP contribution in [0.5, 0.6) is 0 Å². The minimum absolute atomic E-state index is 0. The zero-order valence-corrected chi connectivity index (χ0v) is 12.3. The van der Waals surface area contributed by atoms with Crippen molar-refractivity contribution in [2.24, 2.45) is 5.92 Å². The van der Waals surface area contributed by atoms with Crippen LogP contribution in [0.4, 0.5) is 0 Å². The molecule has 20 heavy (non-hydrogen) atoms. The normalized spacial score (nSPS) is 25.8. The number of carbonyl (C=O) groups is 2. The van der Waals surface area contributed by atoms with Gasteiger partial charge in [-0.05, 0) is 0 Å². The second kappa shape index (κ2) is 7.08. The molecule has 1 aromatic rings. The summed E-state index contributed by atoms with van der Waals surface area (Å²) in [4.78, 5) is 25.5. The van der Waals surface area contributed by atoms with E-state index in [1.807, 2.05) is 37.3 Å². The predicted molar refractivity (Wildman–Crippen MR) is 78.3 cm³/mol. The summed E-state index contributed by atoms with van der Waals surface area (Å²) in [5.41, 5.74) is 1.12. The van der Waals surface area contributed by atoms with Gasteiger partial charge in [0, 0.05) is 0 Å². The van der Waals surface area contributed by atoms with E-state index in [4.69, 9.17) is 0 Å². The Balaban J connectivity index is 0.00000200. The molecule has 0 radical (unpaired) electrons. The van der Waals surface area contributed by atoms with Crippen molar-refractivity contribution in [1.82, 2.24) is 4.90 Å². The standard InChI is InChI=1S/C15H18NO2.Li.H2O/c1-11-8-9-14(13-6-4-3-5-7-13)16(12(11)2)15(18)10-17;;/h3-7,11-12,14H,8-9H2,1-2H3;;1H2. The number of hydrogen-bond acceptors (Lipinski definition) is 2. The van der Waals surface area contributed by atoms with Gasteiger partial charge >= 0.3 is 123 Å². The van der Waals surface area contributed by atoms with Gasteiger partial charge in [0.1, 0.15) is 0 Å². The quantitative estimate of drug-likeness (QED) is 0.599. The fraction of sp³-hybridized carbons (Fsp3) is 0.467. The van der Waals surface area contributed by atoms with Crippen LogP contribution in [0.3, 0.4) is 0 Å². The number of amides is 1. The molecular weight excluding hydrogens is 249 g/mol. The van der Waals surface area contributed by atoms with Crippen LogP contribution in [0.1, 0.15) is 38.3 Å². The van der Waals surface area contributed by atoms with Crippen LogP contribution in [0.2, 0.25) is 0 Å². The van der Waals surface area contributed by atoms with Crippen molar-refractivity contribution in [2.75, 3.05) is 0 Å². The molecule has 1 heterocycles. The van der Waals surface area contributed by atoms with E-state index in [1.54, 1.807) is 4.90 Å². The zero-order valence-electron chi connectivity index (χ0n) is 12.3. The van der Waals surface area contributed by atoms with Crippen molar-refractivity contribution in [1.29, 1.82) is 0 Å². The summed E-state index contributed by atoms with van der Waals surface area (Å²) in [6.07, 6.45) is 2.01. The Labute approximate surface area is 129 Å². The van der Waals surface area contributed by atoms with Crippen LogP contribution >= 0.6 is 0 Å². The van der Waals surface area contributed by atoms with Gasteiger partial charge in [-0.25, -0.2) is 0 Å². The number of carbonyl (C=O) groups excluding carboxylic acids is 2. The molecule has 104 valence electrons. The maximum absolute atomic E-state index is 12.2. The summed E-state index contributed by atoms with van der Waals surface area (Å²) in [6, 6.07) is 10.1. The van der Waals surface area contributed by atoms with Gasteiger partial charge < -0.3 is 5.48 Å². The van der Waals surface area contributed by atoms with Crippen LogP contribution < -0.4 is 0 Å². The third kappa shape index (κ3) is 3.32. The third-order valence-corrected chi connectivity index (χ3v) is 4.21. The molecule has 1 aromatic carbocycles. The first kappa shape index (κ1) is 17.0. The molecule has 0 aliphatic carbocycles. The van der Waals surface area contributed by atoms with E-state index in [2.05, 4.69) is 6.92 Å². The first-order chi connectivity index (χ1) is 9.02. The van der Waals surface area contributed by atoms with Crippen LogP contribution in [-0.4, -0.2) is 44.5 Å². The molecule has 0 spiro atoms. The van der Waals surface area contributed by atoms with Crippen molar-refractivity contribution >= 4 is 28.1 Å². The second-order valence-electron chi connectivity index (χ2n) is 5.49. The van der Waals surface area contributed by atoms with Crippen LogP contribution in [0, 0.1) is 5.92 Å². The Morgan fingerprint density at radius 3 is 2.30 bits per heavy atom. The summed E-state index contributed by atoms with van der Waals surface area (Å²) in [5, 5.41) is 0. The number of benzene rings is 1. The van der Waals surface area contributed by atoms with E-state index in [-0.39, 0.29) is 27.9 Å². The van der Waals surface area contributed by atoms with Gasteiger partial charge in [-0.3, -0.25) is 0 Å². The summed E-state index contributed by atoms with van der Waals surface area (Å²) in [5.74, 6) is 0.0798. The zero-order chi connectivity index (χ0) is 14.0. The summed E-state index contributed by atoms with van der Waals surface area (Å²) < 4.78 is -0.373. The molecule has 3 unspecified atom stereocenters. The van der Waals surface area contributed by atoms with Crippen molar-refractivity contribution in [2.45, 2.75) is 38.8 Å². The van der Waals surface area contributed by atoms with Crippen molar-refractivity contribution in [3.05, 3.63) is 35.9 Å². The van der Waals surface area contributed by atoms with Crippen molar-refractivity contribution < 1.29 is 15.1 Å². The molecule has 2 N–H and O–H groups in total. The summed E-state index contributed by atoms with van der Waals surface area (Å²) in [7, 11) is 0. The van der Waals surface area contributed by atoms with E-state index in [0.29, 0.717) is 5.92 Å². The predicted octanol–water partition coefficient (Wildman–Crippen LogP) is 1.25. The molecule has 0 saturated carbocycles. The molecule has 0 aromatic heterocycles. The van der Waals surface area contributed by atoms with Crippen molar-refractivity contribution in [3.8, 4) is 0 Å². The molecule has 1 fully saturated rings.